The zero-order valence-corrected chi connectivity index (χ0v) is 14.3. The maximum absolute atomic E-state index is 11.3. The molecule has 24 heavy (non-hydrogen) atoms. The Morgan fingerprint density at radius 3 is 3.12 bits per heavy atom. The second-order valence-corrected chi connectivity index (χ2v) is 6.74. The van der Waals surface area contributed by atoms with Crippen LogP contribution in [0.2, 0.25) is 0 Å². The Morgan fingerprint density at radius 1 is 1.50 bits per heavy atom. The number of fused-ring (bicyclic) bond motifs is 1. The van der Waals surface area contributed by atoms with Crippen molar-refractivity contribution < 1.29 is 9.53 Å². The molecule has 4 rings (SSSR count). The van der Waals surface area contributed by atoms with Crippen LogP contribution in [0.15, 0.2) is 17.6 Å². The van der Waals surface area contributed by atoms with E-state index >= 15 is 0 Å². The maximum atomic E-state index is 11.3. The van der Waals surface area contributed by atoms with Gasteiger partial charge in [-0.3, -0.25) is 9.48 Å². The van der Waals surface area contributed by atoms with E-state index in [4.69, 9.17) is 9.72 Å². The van der Waals surface area contributed by atoms with E-state index in [9.17, 15) is 4.79 Å². The number of rotatable bonds is 3. The molecular weight excluding hydrogens is 326 g/mol. The first kappa shape index (κ1) is 15.2. The number of ether oxygens (including phenoxy) is 1. The fourth-order valence-electron chi connectivity index (χ4n) is 2.91. The van der Waals surface area contributed by atoms with Gasteiger partial charge in [-0.05, 0) is 12.5 Å². The number of hydrogen-bond donors (Lipinski definition) is 1. The normalized spacial score (nSPS) is 17.5. The number of aromatic nitrogens is 4. The lowest BCUT2D eigenvalue weighted by Gasteiger charge is -2.02. The van der Waals surface area contributed by atoms with Gasteiger partial charge in [0.15, 0.2) is 0 Å². The molecular formula is C16H17N5O2S. The van der Waals surface area contributed by atoms with Crippen molar-refractivity contribution in [3.05, 3.63) is 23.3 Å². The standard InChI is InChI=1S/C16H17N5O2S/c1-9(22)18-14-5-11-13(6-17-14)21(2)20-15(11)16-19-12(8-24-16)10-3-4-23-7-10/h5-6,8,10H,3-4,7H2,1-2H3,(H,17,18,22). The van der Waals surface area contributed by atoms with E-state index in [2.05, 4.69) is 20.8 Å². The molecule has 1 unspecified atom stereocenters. The second kappa shape index (κ2) is 5.95. The van der Waals surface area contributed by atoms with Crippen LogP contribution in [0.5, 0.6) is 0 Å². The lowest BCUT2D eigenvalue weighted by Crippen LogP contribution is -2.07. The zero-order chi connectivity index (χ0) is 16.7. The SMILES string of the molecule is CC(=O)Nc1cc2c(-c3nc(C4CCOC4)cs3)nn(C)c2cn1. The average molecular weight is 343 g/mol. The highest BCUT2D eigenvalue weighted by molar-refractivity contribution is 7.13. The lowest BCUT2D eigenvalue weighted by atomic mass is 10.1. The Bertz CT molecular complexity index is 910. The van der Waals surface area contributed by atoms with Crippen LogP contribution in [-0.2, 0) is 16.6 Å². The van der Waals surface area contributed by atoms with Crippen LogP contribution in [0.1, 0.15) is 25.0 Å². The number of nitrogens with one attached hydrogen (secondary N) is 1. The number of anilines is 1. The van der Waals surface area contributed by atoms with Gasteiger partial charge in [-0.2, -0.15) is 5.10 Å². The van der Waals surface area contributed by atoms with Crippen LogP contribution >= 0.6 is 11.3 Å². The predicted octanol–water partition coefficient (Wildman–Crippen LogP) is 2.55. The summed E-state index contributed by atoms with van der Waals surface area (Å²) in [6.45, 7) is 3.01. The summed E-state index contributed by atoms with van der Waals surface area (Å²) >= 11 is 1.59. The van der Waals surface area contributed by atoms with Crippen LogP contribution < -0.4 is 5.32 Å². The molecule has 3 aromatic rings. The second-order valence-electron chi connectivity index (χ2n) is 5.88. The topological polar surface area (TPSA) is 81.9 Å². The fourth-order valence-corrected chi connectivity index (χ4v) is 3.81. The molecule has 1 aliphatic rings. The Kier molecular flexibility index (Phi) is 3.78. The van der Waals surface area contributed by atoms with E-state index in [0.717, 1.165) is 46.9 Å². The van der Waals surface area contributed by atoms with E-state index in [-0.39, 0.29) is 5.91 Å². The molecule has 1 fully saturated rings. The smallest absolute Gasteiger partial charge is 0.222 e. The van der Waals surface area contributed by atoms with Crippen molar-refractivity contribution in [2.45, 2.75) is 19.3 Å². The molecule has 0 radical (unpaired) electrons. The molecule has 3 aromatic heterocycles. The van der Waals surface area contributed by atoms with Crippen LogP contribution in [0.3, 0.4) is 0 Å². The predicted molar refractivity (Wildman–Crippen MR) is 92.1 cm³/mol. The molecule has 1 aliphatic heterocycles. The number of amides is 1. The molecule has 0 saturated carbocycles. The van der Waals surface area contributed by atoms with Gasteiger partial charge in [0, 0.05) is 37.3 Å². The highest BCUT2D eigenvalue weighted by atomic mass is 32.1. The van der Waals surface area contributed by atoms with E-state index in [1.807, 2.05) is 13.1 Å². The maximum Gasteiger partial charge on any atom is 0.222 e. The first-order chi connectivity index (χ1) is 11.6. The zero-order valence-electron chi connectivity index (χ0n) is 13.4. The Morgan fingerprint density at radius 2 is 2.38 bits per heavy atom. The van der Waals surface area contributed by atoms with Crippen LogP contribution in [-0.4, -0.2) is 38.9 Å². The third-order valence-electron chi connectivity index (χ3n) is 4.11. The van der Waals surface area contributed by atoms with Gasteiger partial charge in [0.1, 0.15) is 16.5 Å². The number of nitrogens with zero attached hydrogens (tertiary/aromatic N) is 4. The molecule has 4 heterocycles. The van der Waals surface area contributed by atoms with Crippen molar-refractivity contribution in [3.8, 4) is 10.7 Å². The minimum absolute atomic E-state index is 0.148. The van der Waals surface area contributed by atoms with Gasteiger partial charge < -0.3 is 10.1 Å². The quantitative estimate of drug-likeness (QED) is 0.790. The van der Waals surface area contributed by atoms with Gasteiger partial charge in [0.05, 0.1) is 24.0 Å². The van der Waals surface area contributed by atoms with E-state index in [1.165, 1.54) is 6.92 Å². The average Bonchev–Trinajstić information content (AvgIpc) is 3.25. The molecule has 8 heteroatoms. The molecule has 1 atom stereocenters. The summed E-state index contributed by atoms with van der Waals surface area (Å²) in [5.74, 6) is 0.747. The van der Waals surface area contributed by atoms with Gasteiger partial charge in [-0.15, -0.1) is 11.3 Å². The Hall–Kier alpha value is -2.32. The number of carbonyl (C=O) groups is 1. The monoisotopic (exact) mass is 343 g/mol. The van der Waals surface area contributed by atoms with Crippen molar-refractivity contribution in [2.24, 2.45) is 7.05 Å². The van der Waals surface area contributed by atoms with Gasteiger partial charge in [0.2, 0.25) is 5.91 Å². The minimum atomic E-state index is -0.148. The van der Waals surface area contributed by atoms with Crippen molar-refractivity contribution in [1.29, 1.82) is 0 Å². The molecule has 1 saturated heterocycles. The highest BCUT2D eigenvalue weighted by Gasteiger charge is 2.22. The van der Waals surface area contributed by atoms with E-state index in [1.54, 1.807) is 22.2 Å². The molecule has 0 aromatic carbocycles. The summed E-state index contributed by atoms with van der Waals surface area (Å²) in [7, 11) is 1.88. The largest absolute Gasteiger partial charge is 0.381 e. The van der Waals surface area contributed by atoms with Crippen molar-refractivity contribution in [1.82, 2.24) is 19.7 Å². The van der Waals surface area contributed by atoms with Crippen molar-refractivity contribution in [3.63, 3.8) is 0 Å². The summed E-state index contributed by atoms with van der Waals surface area (Å²) in [5.41, 5.74) is 2.79. The molecule has 1 amide bonds. The van der Waals surface area contributed by atoms with Gasteiger partial charge in [-0.1, -0.05) is 0 Å². The van der Waals surface area contributed by atoms with Crippen molar-refractivity contribution in [2.75, 3.05) is 18.5 Å². The lowest BCUT2D eigenvalue weighted by molar-refractivity contribution is -0.114. The Balaban J connectivity index is 1.76. The summed E-state index contributed by atoms with van der Waals surface area (Å²) in [6.07, 6.45) is 2.74. The molecule has 1 N–H and O–H groups in total. The fraction of sp³-hybridized carbons (Fsp3) is 0.375. The van der Waals surface area contributed by atoms with Crippen molar-refractivity contribution >= 4 is 34.0 Å². The highest BCUT2D eigenvalue weighted by Crippen LogP contribution is 2.34. The molecule has 0 bridgehead atoms. The van der Waals surface area contributed by atoms with E-state index < -0.39 is 0 Å². The number of thiazole rings is 1. The summed E-state index contributed by atoms with van der Waals surface area (Å²) in [4.78, 5) is 20.3. The molecule has 0 aliphatic carbocycles. The first-order valence-electron chi connectivity index (χ1n) is 7.75. The third kappa shape index (κ3) is 2.67. The molecule has 7 nitrogen and oxygen atoms in total. The molecule has 124 valence electrons. The van der Waals surface area contributed by atoms with Crippen LogP contribution in [0, 0.1) is 0 Å². The summed E-state index contributed by atoms with van der Waals surface area (Å²) in [5, 5.41) is 11.2. The van der Waals surface area contributed by atoms with Gasteiger partial charge in [0.25, 0.3) is 0 Å². The number of hydrogen-bond acceptors (Lipinski definition) is 6. The number of carbonyl (C=O) groups excluding carboxylic acids is 1. The van der Waals surface area contributed by atoms with Crippen LogP contribution in [0.4, 0.5) is 5.82 Å². The molecule has 0 spiro atoms. The first-order valence-corrected chi connectivity index (χ1v) is 8.63. The summed E-state index contributed by atoms with van der Waals surface area (Å²) < 4.78 is 7.24. The summed E-state index contributed by atoms with van der Waals surface area (Å²) in [6, 6.07) is 1.85. The number of aryl methyl sites for hydroxylation is 1. The Labute approximate surface area is 142 Å². The van der Waals surface area contributed by atoms with E-state index in [0.29, 0.717) is 11.7 Å². The van der Waals surface area contributed by atoms with Gasteiger partial charge in [-0.25, -0.2) is 9.97 Å². The minimum Gasteiger partial charge on any atom is -0.381 e. The van der Waals surface area contributed by atoms with Gasteiger partial charge >= 0.3 is 0 Å². The number of pyridine rings is 1. The van der Waals surface area contributed by atoms with Crippen LogP contribution in [0.25, 0.3) is 21.6 Å². The third-order valence-corrected chi connectivity index (χ3v) is 4.98.